The molecule has 1 aliphatic heterocycles. The first-order valence-corrected chi connectivity index (χ1v) is 13.4. The maximum Gasteiger partial charge on any atom is 0.418 e. The third-order valence-electron chi connectivity index (χ3n) is 7.23. The van der Waals surface area contributed by atoms with E-state index in [1.165, 1.54) is 0 Å². The number of hydrogen-bond donors (Lipinski definition) is 0. The van der Waals surface area contributed by atoms with Crippen LogP contribution < -0.4 is 9.80 Å². The highest BCUT2D eigenvalue weighted by Gasteiger charge is 2.27. The van der Waals surface area contributed by atoms with E-state index < -0.39 is 6.09 Å². The molecule has 0 N–H and O–H groups in total. The number of rotatable bonds is 6. The number of anilines is 3. The maximum atomic E-state index is 13.4. The molecule has 0 saturated carbocycles. The van der Waals surface area contributed by atoms with Gasteiger partial charge in [0, 0.05) is 24.0 Å². The fourth-order valence-corrected chi connectivity index (χ4v) is 5.29. The summed E-state index contributed by atoms with van der Waals surface area (Å²) in [5.41, 5.74) is 6.08. The molecular weight excluding hydrogens is 486 g/mol. The number of fused-ring (bicyclic) bond motifs is 2. The molecule has 0 radical (unpaired) electrons. The molecule has 4 aromatic rings. The Morgan fingerprint density at radius 3 is 2.59 bits per heavy atom. The molecule has 0 fully saturated rings. The fraction of sp³-hybridized carbons (Fsp3) is 0.242. The maximum absolute atomic E-state index is 13.4. The first-order chi connectivity index (χ1) is 19.0. The Hall–Kier alpha value is -4.63. The third kappa shape index (κ3) is 5.35. The van der Waals surface area contributed by atoms with E-state index in [1.807, 2.05) is 72.5 Å². The highest BCUT2D eigenvalue weighted by atomic mass is 16.6. The van der Waals surface area contributed by atoms with E-state index in [1.54, 1.807) is 24.0 Å². The number of nitrogens with zero attached hydrogens (tertiary/aromatic N) is 3. The van der Waals surface area contributed by atoms with Gasteiger partial charge in [-0.25, -0.2) is 9.69 Å². The van der Waals surface area contributed by atoms with Crippen LogP contribution >= 0.6 is 0 Å². The lowest BCUT2D eigenvalue weighted by Crippen LogP contribution is -2.36. The van der Waals surface area contributed by atoms with Gasteiger partial charge in [-0.05, 0) is 85.5 Å². The fourth-order valence-electron chi connectivity index (χ4n) is 5.29. The van der Waals surface area contributed by atoms with Crippen LogP contribution in [0, 0.1) is 18.3 Å². The van der Waals surface area contributed by atoms with Gasteiger partial charge in [0.1, 0.15) is 0 Å². The van der Waals surface area contributed by atoms with E-state index in [0.29, 0.717) is 24.9 Å². The van der Waals surface area contributed by atoms with Crippen LogP contribution in [0.25, 0.3) is 10.8 Å². The van der Waals surface area contributed by atoms with Crippen LogP contribution in [0.4, 0.5) is 21.9 Å². The minimum absolute atomic E-state index is 0.0696. The molecule has 4 aromatic carbocycles. The summed E-state index contributed by atoms with van der Waals surface area (Å²) in [7, 11) is 0. The predicted molar refractivity (Wildman–Crippen MR) is 154 cm³/mol. The van der Waals surface area contributed by atoms with Gasteiger partial charge in [0.05, 0.1) is 29.6 Å². The van der Waals surface area contributed by atoms with Crippen LogP contribution in [0.15, 0.2) is 78.9 Å². The second kappa shape index (κ2) is 11.4. The highest BCUT2D eigenvalue weighted by molar-refractivity contribution is 6.07. The van der Waals surface area contributed by atoms with Gasteiger partial charge in [-0.2, -0.15) is 5.26 Å². The molecule has 6 heteroatoms. The van der Waals surface area contributed by atoms with Crippen molar-refractivity contribution in [1.82, 2.24) is 0 Å². The van der Waals surface area contributed by atoms with Crippen molar-refractivity contribution in [3.8, 4) is 6.07 Å². The summed E-state index contributed by atoms with van der Waals surface area (Å²) in [5, 5.41) is 11.0. The van der Waals surface area contributed by atoms with E-state index >= 15 is 0 Å². The first-order valence-electron chi connectivity index (χ1n) is 13.4. The third-order valence-corrected chi connectivity index (χ3v) is 7.23. The van der Waals surface area contributed by atoms with Crippen molar-refractivity contribution in [2.75, 3.05) is 23.0 Å². The minimum Gasteiger partial charge on any atom is -0.449 e. The number of benzene rings is 4. The van der Waals surface area contributed by atoms with Crippen LogP contribution in [-0.4, -0.2) is 25.2 Å². The van der Waals surface area contributed by atoms with Gasteiger partial charge in [-0.3, -0.25) is 4.79 Å². The quantitative estimate of drug-likeness (QED) is 0.270. The molecule has 1 aliphatic rings. The molecule has 1 heterocycles. The molecule has 5 rings (SSSR count). The summed E-state index contributed by atoms with van der Waals surface area (Å²) in [5.74, 6) is 0.0696. The molecule has 0 aromatic heterocycles. The molecule has 0 unspecified atom stereocenters. The minimum atomic E-state index is -0.428. The summed E-state index contributed by atoms with van der Waals surface area (Å²) in [6, 6.07) is 27.5. The van der Waals surface area contributed by atoms with Gasteiger partial charge < -0.3 is 9.64 Å². The monoisotopic (exact) mass is 517 g/mol. The Kier molecular flexibility index (Phi) is 7.60. The Morgan fingerprint density at radius 2 is 1.82 bits per heavy atom. The lowest BCUT2D eigenvalue weighted by atomic mass is 9.98. The van der Waals surface area contributed by atoms with Crippen molar-refractivity contribution in [2.24, 2.45) is 0 Å². The number of hydrogen-bond acceptors (Lipinski definition) is 4. The number of carbonyl (C=O) groups is 2. The van der Waals surface area contributed by atoms with E-state index in [0.717, 1.165) is 57.4 Å². The summed E-state index contributed by atoms with van der Waals surface area (Å²) in [4.78, 5) is 30.2. The standard InChI is InChI=1S/C33H31N3O3/c1-3-39-33(38)36(32-23(2)10-16-26-7-4-5-9-29(26)32)28-17-18-30-27(21-28)8-6-20-35(30)31(37)19-15-24-11-13-25(22-34)14-12-24/h4-5,7,9-14,16-18,21H,3,6,8,15,19-20H2,1-2H3. The van der Waals surface area contributed by atoms with E-state index in [4.69, 9.17) is 10.00 Å². The van der Waals surface area contributed by atoms with Crippen molar-refractivity contribution >= 4 is 39.8 Å². The van der Waals surface area contributed by atoms with Crippen molar-refractivity contribution < 1.29 is 14.3 Å². The van der Waals surface area contributed by atoms with Crippen LogP contribution in [-0.2, 0) is 22.4 Å². The largest absolute Gasteiger partial charge is 0.449 e. The second-order valence-corrected chi connectivity index (χ2v) is 9.76. The van der Waals surface area contributed by atoms with Crippen molar-refractivity contribution in [1.29, 1.82) is 5.26 Å². The average molecular weight is 518 g/mol. The molecule has 2 amide bonds. The van der Waals surface area contributed by atoms with Crippen molar-refractivity contribution in [3.05, 3.63) is 101 Å². The van der Waals surface area contributed by atoms with Crippen molar-refractivity contribution in [3.63, 3.8) is 0 Å². The topological polar surface area (TPSA) is 73.6 Å². The van der Waals surface area contributed by atoms with E-state index in [-0.39, 0.29) is 12.5 Å². The predicted octanol–water partition coefficient (Wildman–Crippen LogP) is 7.23. The van der Waals surface area contributed by atoms with Crippen LogP contribution in [0.5, 0.6) is 0 Å². The summed E-state index contributed by atoms with van der Waals surface area (Å²) in [6.45, 7) is 4.75. The molecule has 196 valence electrons. The molecule has 0 aliphatic carbocycles. The molecule has 0 saturated heterocycles. The Morgan fingerprint density at radius 1 is 1.03 bits per heavy atom. The Labute approximate surface area is 229 Å². The van der Waals surface area contributed by atoms with Crippen LogP contribution in [0.1, 0.15) is 42.0 Å². The number of amides is 2. The number of nitriles is 1. The van der Waals surface area contributed by atoms with Crippen LogP contribution in [0.3, 0.4) is 0 Å². The number of carbonyl (C=O) groups excluding carboxylic acids is 2. The normalized spacial score (nSPS) is 12.5. The average Bonchev–Trinajstić information content (AvgIpc) is 2.97. The molecule has 0 spiro atoms. The lowest BCUT2D eigenvalue weighted by molar-refractivity contribution is -0.118. The summed E-state index contributed by atoms with van der Waals surface area (Å²) >= 11 is 0. The van der Waals surface area contributed by atoms with Gasteiger partial charge in [-0.15, -0.1) is 0 Å². The SMILES string of the molecule is CCOC(=O)N(c1ccc2c(c1)CCCN2C(=O)CCc1ccc(C#N)cc1)c1c(C)ccc2ccccc12. The zero-order valence-electron chi connectivity index (χ0n) is 22.3. The van der Waals surface area contributed by atoms with E-state index in [2.05, 4.69) is 12.1 Å². The Bertz CT molecular complexity index is 1570. The number of ether oxygens (including phenoxy) is 1. The number of aryl methyl sites for hydroxylation is 3. The second-order valence-electron chi connectivity index (χ2n) is 9.76. The lowest BCUT2D eigenvalue weighted by Gasteiger charge is -2.32. The van der Waals surface area contributed by atoms with Gasteiger partial charge in [-0.1, -0.05) is 48.5 Å². The molecule has 6 nitrogen and oxygen atoms in total. The molecular formula is C33H31N3O3. The smallest absolute Gasteiger partial charge is 0.418 e. The van der Waals surface area contributed by atoms with E-state index in [9.17, 15) is 9.59 Å². The first kappa shape index (κ1) is 26.0. The van der Waals surface area contributed by atoms with Gasteiger partial charge in [0.25, 0.3) is 0 Å². The van der Waals surface area contributed by atoms with Crippen molar-refractivity contribution in [2.45, 2.75) is 39.5 Å². The molecule has 39 heavy (non-hydrogen) atoms. The zero-order valence-corrected chi connectivity index (χ0v) is 22.3. The van der Waals surface area contributed by atoms with Gasteiger partial charge >= 0.3 is 6.09 Å². The Balaban J connectivity index is 1.46. The molecule has 0 atom stereocenters. The van der Waals surface area contributed by atoms with Crippen LogP contribution in [0.2, 0.25) is 0 Å². The zero-order chi connectivity index (χ0) is 27.4. The highest BCUT2D eigenvalue weighted by Crippen LogP contribution is 2.39. The van der Waals surface area contributed by atoms with Gasteiger partial charge in [0.2, 0.25) is 5.91 Å². The summed E-state index contributed by atoms with van der Waals surface area (Å²) in [6.07, 6.45) is 2.26. The molecule has 0 bridgehead atoms. The van der Waals surface area contributed by atoms with Gasteiger partial charge in [0.15, 0.2) is 0 Å². The summed E-state index contributed by atoms with van der Waals surface area (Å²) < 4.78 is 5.51.